The van der Waals surface area contributed by atoms with Crippen molar-refractivity contribution in [2.45, 2.75) is 18.1 Å². The van der Waals surface area contributed by atoms with Crippen molar-refractivity contribution >= 4 is 12.4 Å². The minimum atomic E-state index is -4.62. The Balaban J connectivity index is 0.00000289. The van der Waals surface area contributed by atoms with Crippen molar-refractivity contribution in [3.63, 3.8) is 0 Å². The van der Waals surface area contributed by atoms with Gasteiger partial charge in [0.1, 0.15) is 6.61 Å². The first kappa shape index (κ1) is 17.1. The molecule has 1 rings (SSSR count). The molecule has 0 aliphatic rings. The first-order valence-corrected chi connectivity index (χ1v) is 4.60. The second-order valence-electron chi connectivity index (χ2n) is 3.52. The molecule has 18 heavy (non-hydrogen) atoms. The smallest absolute Gasteiger partial charge is 0.390 e. The van der Waals surface area contributed by atoms with Gasteiger partial charge >= 0.3 is 6.18 Å². The molecule has 2 nitrogen and oxygen atoms in total. The molecule has 0 spiro atoms. The highest BCUT2D eigenvalue weighted by atomic mass is 35.5. The lowest BCUT2D eigenvalue weighted by molar-refractivity contribution is -0.137. The monoisotopic (exact) mass is 291 g/mol. The molecule has 0 unspecified atom stereocenters. The number of nitrogens with two attached hydrogens (primary N) is 1. The second-order valence-corrected chi connectivity index (χ2v) is 3.52. The Morgan fingerprint density at radius 1 is 1.17 bits per heavy atom. The molecule has 0 aliphatic heterocycles. The fourth-order valence-corrected chi connectivity index (χ4v) is 1.25. The number of aliphatic hydroxyl groups is 1. The topological polar surface area (TPSA) is 46.2 Å². The number of aliphatic hydroxyl groups excluding tert-OH is 1. The predicted octanol–water partition coefficient (Wildman–Crippen LogP) is 2.75. The third-order valence-corrected chi connectivity index (χ3v) is 2.24. The number of hydrogen-bond donors (Lipinski definition) is 2. The summed E-state index contributed by atoms with van der Waals surface area (Å²) in [5, 5.41) is 8.40. The van der Waals surface area contributed by atoms with Crippen LogP contribution in [0.2, 0.25) is 0 Å². The third-order valence-electron chi connectivity index (χ3n) is 2.24. The van der Waals surface area contributed by atoms with Gasteiger partial charge in [0.05, 0.1) is 11.6 Å². The van der Waals surface area contributed by atoms with E-state index in [1.54, 1.807) is 0 Å². The van der Waals surface area contributed by atoms with Crippen molar-refractivity contribution in [2.75, 3.05) is 6.61 Å². The molecule has 0 radical (unpaired) electrons. The van der Waals surface area contributed by atoms with Gasteiger partial charge in [-0.05, 0) is 17.7 Å². The van der Waals surface area contributed by atoms with Gasteiger partial charge in [0.15, 0.2) is 0 Å². The summed E-state index contributed by atoms with van der Waals surface area (Å²) in [4.78, 5) is 0. The van der Waals surface area contributed by atoms with Crippen molar-refractivity contribution in [3.8, 4) is 0 Å². The Kier molecular flexibility index (Phi) is 5.52. The zero-order valence-corrected chi connectivity index (χ0v) is 9.73. The van der Waals surface area contributed by atoms with Crippen LogP contribution in [-0.2, 0) is 6.18 Å². The van der Waals surface area contributed by atoms with E-state index in [4.69, 9.17) is 10.8 Å². The predicted molar refractivity (Wildman–Crippen MR) is 57.7 cm³/mol. The maximum absolute atomic E-state index is 13.0. The van der Waals surface area contributed by atoms with Crippen LogP contribution in [0.25, 0.3) is 0 Å². The molecule has 1 atom stereocenters. The van der Waals surface area contributed by atoms with Gasteiger partial charge < -0.3 is 10.8 Å². The minimum absolute atomic E-state index is 0. The highest BCUT2D eigenvalue weighted by Crippen LogP contribution is 2.33. The van der Waals surface area contributed by atoms with Crippen LogP contribution >= 0.6 is 12.4 Å². The number of rotatable bonds is 3. The van der Waals surface area contributed by atoms with Crippen LogP contribution in [0.1, 0.15) is 17.2 Å². The summed E-state index contributed by atoms with van der Waals surface area (Å²) in [6, 6.07) is 1.38. The van der Waals surface area contributed by atoms with Crippen LogP contribution in [0.3, 0.4) is 0 Å². The zero-order chi connectivity index (χ0) is 13.3. The molecular formula is C10H11ClF5NO. The molecule has 0 fully saturated rings. The normalized spacial score (nSPS) is 13.9. The molecule has 8 heteroatoms. The summed E-state index contributed by atoms with van der Waals surface area (Å²) in [6.07, 6.45) is -4.62. The number of alkyl halides is 5. The Hall–Kier alpha value is -0.920. The van der Waals surface area contributed by atoms with Crippen LogP contribution in [0.15, 0.2) is 24.3 Å². The highest BCUT2D eigenvalue weighted by molar-refractivity contribution is 5.85. The maximum Gasteiger partial charge on any atom is 0.416 e. The molecule has 1 aromatic carbocycles. The molecule has 0 saturated heterocycles. The molecule has 0 bridgehead atoms. The van der Waals surface area contributed by atoms with E-state index in [2.05, 4.69) is 0 Å². The molecule has 0 heterocycles. The van der Waals surface area contributed by atoms with Crippen molar-refractivity contribution < 1.29 is 27.1 Å². The van der Waals surface area contributed by atoms with E-state index in [1.807, 2.05) is 0 Å². The quantitative estimate of drug-likeness (QED) is 0.841. The lowest BCUT2D eigenvalue weighted by Crippen LogP contribution is -2.36. The van der Waals surface area contributed by atoms with E-state index in [-0.39, 0.29) is 18.0 Å². The van der Waals surface area contributed by atoms with Gasteiger partial charge in [-0.2, -0.15) is 13.2 Å². The Bertz CT molecular complexity index is 396. The van der Waals surface area contributed by atoms with E-state index in [9.17, 15) is 22.0 Å². The van der Waals surface area contributed by atoms with Gasteiger partial charge in [0, 0.05) is 0 Å². The van der Waals surface area contributed by atoms with Gasteiger partial charge in [-0.1, -0.05) is 12.1 Å². The summed E-state index contributed by atoms with van der Waals surface area (Å²) in [5.41, 5.74) is 3.69. The van der Waals surface area contributed by atoms with Crippen molar-refractivity contribution in [3.05, 3.63) is 35.4 Å². The molecule has 0 saturated carbocycles. The minimum Gasteiger partial charge on any atom is -0.390 e. The average molecular weight is 292 g/mol. The van der Waals surface area contributed by atoms with E-state index >= 15 is 0 Å². The Morgan fingerprint density at radius 3 is 2.17 bits per heavy atom. The number of halogens is 6. The lowest BCUT2D eigenvalue weighted by Gasteiger charge is -2.22. The summed E-state index contributed by atoms with van der Waals surface area (Å²) in [6.45, 7) is -1.52. The highest BCUT2D eigenvalue weighted by Gasteiger charge is 2.38. The lowest BCUT2D eigenvalue weighted by atomic mass is 9.99. The van der Waals surface area contributed by atoms with Gasteiger partial charge in [-0.25, -0.2) is 8.78 Å². The molecule has 3 N–H and O–H groups in total. The summed E-state index contributed by atoms with van der Waals surface area (Å²) in [7, 11) is 0. The van der Waals surface area contributed by atoms with Gasteiger partial charge in [0.2, 0.25) is 0 Å². The Labute approximate surface area is 106 Å². The molecule has 0 aliphatic carbocycles. The number of hydrogen-bond acceptors (Lipinski definition) is 2. The average Bonchev–Trinajstić information content (AvgIpc) is 2.27. The van der Waals surface area contributed by atoms with E-state index in [0.717, 1.165) is 18.2 Å². The van der Waals surface area contributed by atoms with Crippen LogP contribution in [0.4, 0.5) is 22.0 Å². The van der Waals surface area contributed by atoms with Crippen LogP contribution in [-0.4, -0.2) is 17.6 Å². The van der Waals surface area contributed by atoms with Crippen molar-refractivity contribution in [1.29, 1.82) is 0 Å². The van der Waals surface area contributed by atoms with Crippen molar-refractivity contribution in [2.24, 2.45) is 5.73 Å². The van der Waals surface area contributed by atoms with E-state index in [0.29, 0.717) is 6.07 Å². The molecule has 104 valence electrons. The third kappa shape index (κ3) is 3.79. The van der Waals surface area contributed by atoms with E-state index in [1.165, 1.54) is 0 Å². The fourth-order valence-electron chi connectivity index (χ4n) is 1.25. The molecule has 0 amide bonds. The Morgan fingerprint density at radius 2 is 1.72 bits per heavy atom. The molecule has 0 aromatic heterocycles. The van der Waals surface area contributed by atoms with Gasteiger partial charge in [-0.15, -0.1) is 12.4 Å². The second kappa shape index (κ2) is 5.81. The van der Waals surface area contributed by atoms with E-state index < -0.39 is 30.3 Å². The summed E-state index contributed by atoms with van der Waals surface area (Å²) < 4.78 is 63.0. The summed E-state index contributed by atoms with van der Waals surface area (Å²) >= 11 is 0. The van der Waals surface area contributed by atoms with Crippen LogP contribution < -0.4 is 5.73 Å². The maximum atomic E-state index is 13.0. The fraction of sp³-hybridized carbons (Fsp3) is 0.400. The standard InChI is InChI=1S/C10H10F5NO.ClH/c11-9(12,5-17)8(16)6-2-1-3-7(4-6)10(13,14)15;/h1-4,8,17H,5,16H2;1H/t8-;/m1./s1. The zero-order valence-electron chi connectivity index (χ0n) is 8.92. The number of benzene rings is 1. The first-order chi connectivity index (χ1) is 7.68. The SMILES string of the molecule is Cl.N[C@H](c1cccc(C(F)(F)F)c1)C(F)(F)CO. The summed E-state index contributed by atoms with van der Waals surface area (Å²) in [5.74, 6) is -3.66. The van der Waals surface area contributed by atoms with Crippen LogP contribution in [0, 0.1) is 0 Å². The van der Waals surface area contributed by atoms with Gasteiger partial charge in [0.25, 0.3) is 5.92 Å². The molecular weight excluding hydrogens is 281 g/mol. The first-order valence-electron chi connectivity index (χ1n) is 4.60. The largest absolute Gasteiger partial charge is 0.416 e. The van der Waals surface area contributed by atoms with Crippen molar-refractivity contribution in [1.82, 2.24) is 0 Å². The molecule has 1 aromatic rings. The van der Waals surface area contributed by atoms with Gasteiger partial charge in [-0.3, -0.25) is 0 Å². The van der Waals surface area contributed by atoms with Crippen LogP contribution in [0.5, 0.6) is 0 Å².